The Morgan fingerprint density at radius 1 is 1.19 bits per heavy atom. The molecule has 0 amide bonds. The van der Waals surface area contributed by atoms with Crippen LogP contribution < -0.4 is 0 Å². The highest BCUT2D eigenvalue weighted by atomic mass is 79.9. The highest BCUT2D eigenvalue weighted by Crippen LogP contribution is 2.26. The first-order chi connectivity index (χ1) is 7.68. The number of rotatable bonds is 2. The summed E-state index contributed by atoms with van der Waals surface area (Å²) in [7, 11) is 0. The second-order valence-corrected chi connectivity index (χ2v) is 4.95. The maximum Gasteiger partial charge on any atom is 0.146 e. The summed E-state index contributed by atoms with van der Waals surface area (Å²) in [5.41, 5.74) is 2.22. The van der Waals surface area contributed by atoms with E-state index in [9.17, 15) is 4.39 Å². The number of benzene rings is 1. The van der Waals surface area contributed by atoms with Gasteiger partial charge in [-0.1, -0.05) is 46.3 Å². The minimum atomic E-state index is -0.272. The van der Waals surface area contributed by atoms with E-state index in [4.69, 9.17) is 0 Å². The van der Waals surface area contributed by atoms with E-state index >= 15 is 0 Å². The first-order valence-corrected chi connectivity index (χ1v) is 5.95. The molecule has 0 bridgehead atoms. The van der Waals surface area contributed by atoms with Gasteiger partial charge in [-0.2, -0.15) is 0 Å². The lowest BCUT2D eigenvalue weighted by molar-refractivity contribution is 0.602. The molecule has 1 unspecified atom stereocenters. The molecular weight excluding hydrogens is 269 g/mol. The molecule has 1 atom stereocenters. The number of pyridine rings is 1. The van der Waals surface area contributed by atoms with Crippen molar-refractivity contribution >= 4 is 15.9 Å². The van der Waals surface area contributed by atoms with Crippen LogP contribution >= 0.6 is 15.9 Å². The van der Waals surface area contributed by atoms with Gasteiger partial charge in [-0.05, 0) is 18.6 Å². The Morgan fingerprint density at radius 2 is 1.88 bits per heavy atom. The minimum Gasteiger partial charge on any atom is -0.256 e. The number of aromatic nitrogens is 1. The van der Waals surface area contributed by atoms with Crippen LogP contribution in [0.5, 0.6) is 0 Å². The molecule has 2 aromatic rings. The van der Waals surface area contributed by atoms with Gasteiger partial charge >= 0.3 is 0 Å². The number of hydrogen-bond donors (Lipinski definition) is 0. The zero-order chi connectivity index (χ0) is 11.5. The SMILES string of the molecule is CC(Br)c1ncc(-c2ccccc2)cc1F. The highest BCUT2D eigenvalue weighted by Gasteiger charge is 2.10. The summed E-state index contributed by atoms with van der Waals surface area (Å²) in [4.78, 5) is 4.06. The van der Waals surface area contributed by atoms with E-state index in [1.165, 1.54) is 6.07 Å². The topological polar surface area (TPSA) is 12.9 Å². The van der Waals surface area contributed by atoms with Gasteiger partial charge in [0.05, 0.1) is 10.5 Å². The van der Waals surface area contributed by atoms with Crippen LogP contribution in [-0.2, 0) is 0 Å². The number of nitrogens with zero attached hydrogens (tertiary/aromatic N) is 1. The summed E-state index contributed by atoms with van der Waals surface area (Å²) in [5.74, 6) is -0.272. The van der Waals surface area contributed by atoms with Crippen LogP contribution in [0, 0.1) is 5.82 Å². The van der Waals surface area contributed by atoms with Crippen LogP contribution in [0.2, 0.25) is 0 Å². The maximum atomic E-state index is 13.7. The molecule has 0 saturated carbocycles. The fourth-order valence-corrected chi connectivity index (χ4v) is 1.87. The lowest BCUT2D eigenvalue weighted by Gasteiger charge is -2.06. The largest absolute Gasteiger partial charge is 0.256 e. The van der Waals surface area contributed by atoms with E-state index in [1.807, 2.05) is 37.3 Å². The summed E-state index contributed by atoms with van der Waals surface area (Å²) in [6.45, 7) is 1.85. The summed E-state index contributed by atoms with van der Waals surface area (Å²) in [5, 5.41) is 0. The standard InChI is InChI=1S/C13H11BrFN/c1-9(14)13-12(15)7-11(8-16-13)10-5-3-2-4-6-10/h2-9H,1H3. The molecule has 0 saturated heterocycles. The zero-order valence-corrected chi connectivity index (χ0v) is 10.4. The van der Waals surface area contributed by atoms with E-state index in [-0.39, 0.29) is 10.6 Å². The van der Waals surface area contributed by atoms with E-state index in [0.29, 0.717) is 5.69 Å². The fourth-order valence-electron chi connectivity index (χ4n) is 1.53. The Bertz CT molecular complexity index is 483. The molecule has 0 radical (unpaired) electrons. The average molecular weight is 280 g/mol. The van der Waals surface area contributed by atoms with Crippen molar-refractivity contribution in [3.63, 3.8) is 0 Å². The van der Waals surface area contributed by atoms with Gasteiger partial charge in [0.2, 0.25) is 0 Å². The molecule has 0 aliphatic heterocycles. The van der Waals surface area contributed by atoms with Gasteiger partial charge in [0, 0.05) is 11.8 Å². The van der Waals surface area contributed by atoms with Crippen LogP contribution in [0.25, 0.3) is 11.1 Å². The van der Waals surface area contributed by atoms with Crippen molar-refractivity contribution in [2.45, 2.75) is 11.8 Å². The van der Waals surface area contributed by atoms with E-state index < -0.39 is 0 Å². The van der Waals surface area contributed by atoms with E-state index in [2.05, 4.69) is 20.9 Å². The van der Waals surface area contributed by atoms with Crippen LogP contribution in [0.3, 0.4) is 0 Å². The molecule has 2 rings (SSSR count). The monoisotopic (exact) mass is 279 g/mol. The predicted octanol–water partition coefficient (Wildman–Crippen LogP) is 4.34. The van der Waals surface area contributed by atoms with Crippen LogP contribution in [0.15, 0.2) is 42.6 Å². The average Bonchev–Trinajstić information content (AvgIpc) is 2.29. The van der Waals surface area contributed by atoms with Crippen molar-refractivity contribution in [2.75, 3.05) is 0 Å². The lowest BCUT2D eigenvalue weighted by atomic mass is 10.1. The molecule has 1 aromatic carbocycles. The summed E-state index contributed by atoms with van der Waals surface area (Å²) in [6, 6.07) is 11.2. The van der Waals surface area contributed by atoms with Gasteiger partial charge in [0.25, 0.3) is 0 Å². The molecule has 1 nitrogen and oxygen atoms in total. The molecule has 3 heteroatoms. The predicted molar refractivity (Wildman–Crippen MR) is 67.0 cm³/mol. The molecule has 1 heterocycles. The van der Waals surface area contributed by atoms with Crippen LogP contribution in [0.1, 0.15) is 17.4 Å². The first-order valence-electron chi connectivity index (χ1n) is 5.03. The molecule has 0 spiro atoms. The summed E-state index contributed by atoms with van der Waals surface area (Å²) >= 11 is 3.31. The summed E-state index contributed by atoms with van der Waals surface area (Å²) < 4.78 is 13.7. The van der Waals surface area contributed by atoms with Crippen LogP contribution in [-0.4, -0.2) is 4.98 Å². The van der Waals surface area contributed by atoms with Crippen molar-refractivity contribution in [1.29, 1.82) is 0 Å². The smallest absolute Gasteiger partial charge is 0.146 e. The molecule has 16 heavy (non-hydrogen) atoms. The number of hydrogen-bond acceptors (Lipinski definition) is 1. The lowest BCUT2D eigenvalue weighted by Crippen LogP contribution is -1.95. The molecular formula is C13H11BrFN. The molecule has 0 N–H and O–H groups in total. The maximum absolute atomic E-state index is 13.7. The van der Waals surface area contributed by atoms with Crippen molar-refractivity contribution < 1.29 is 4.39 Å². The van der Waals surface area contributed by atoms with Gasteiger partial charge in [-0.15, -0.1) is 0 Å². The Morgan fingerprint density at radius 3 is 2.44 bits per heavy atom. The highest BCUT2D eigenvalue weighted by molar-refractivity contribution is 9.09. The van der Waals surface area contributed by atoms with Gasteiger partial charge in [-0.3, -0.25) is 4.98 Å². The number of halogens is 2. The molecule has 0 aliphatic rings. The van der Waals surface area contributed by atoms with Gasteiger partial charge in [0.15, 0.2) is 0 Å². The normalized spacial score (nSPS) is 12.4. The van der Waals surface area contributed by atoms with Gasteiger partial charge in [0.1, 0.15) is 5.82 Å². The first kappa shape index (κ1) is 11.3. The minimum absolute atomic E-state index is 0.0719. The van der Waals surface area contributed by atoms with Gasteiger partial charge < -0.3 is 0 Å². The number of alkyl halides is 1. The second kappa shape index (κ2) is 4.74. The Labute approximate surface area is 102 Å². The fraction of sp³-hybridized carbons (Fsp3) is 0.154. The molecule has 82 valence electrons. The van der Waals surface area contributed by atoms with Crippen molar-refractivity contribution in [3.8, 4) is 11.1 Å². The Hall–Kier alpha value is -1.22. The quantitative estimate of drug-likeness (QED) is 0.745. The third-order valence-corrected chi connectivity index (χ3v) is 2.79. The second-order valence-electron chi connectivity index (χ2n) is 3.57. The Kier molecular flexibility index (Phi) is 3.34. The summed E-state index contributed by atoms with van der Waals surface area (Å²) in [6.07, 6.45) is 1.70. The van der Waals surface area contributed by atoms with Gasteiger partial charge in [-0.25, -0.2) is 4.39 Å². The van der Waals surface area contributed by atoms with Crippen molar-refractivity contribution in [3.05, 3.63) is 54.1 Å². The van der Waals surface area contributed by atoms with Crippen molar-refractivity contribution in [1.82, 2.24) is 4.98 Å². The zero-order valence-electron chi connectivity index (χ0n) is 8.82. The van der Waals surface area contributed by atoms with E-state index in [0.717, 1.165) is 11.1 Å². The van der Waals surface area contributed by atoms with Crippen molar-refractivity contribution in [2.24, 2.45) is 0 Å². The molecule has 1 aromatic heterocycles. The molecule has 0 aliphatic carbocycles. The van der Waals surface area contributed by atoms with Crippen LogP contribution in [0.4, 0.5) is 4.39 Å². The third-order valence-electron chi connectivity index (χ3n) is 2.35. The van der Waals surface area contributed by atoms with E-state index in [1.54, 1.807) is 6.20 Å². The third kappa shape index (κ3) is 2.30. The Balaban J connectivity index is 2.43. The molecule has 0 fully saturated rings.